The van der Waals surface area contributed by atoms with Crippen LogP contribution in [0.3, 0.4) is 0 Å². The molecule has 0 radical (unpaired) electrons. The number of rotatable bonds is 5. The molecule has 0 aromatic carbocycles. The van der Waals surface area contributed by atoms with E-state index in [1.54, 1.807) is 19.4 Å². The van der Waals surface area contributed by atoms with Crippen LogP contribution in [0.2, 0.25) is 0 Å². The second-order valence-electron chi connectivity index (χ2n) is 4.32. The van der Waals surface area contributed by atoms with E-state index in [2.05, 4.69) is 32.8 Å². The van der Waals surface area contributed by atoms with E-state index in [0.29, 0.717) is 19.2 Å². The molecule has 0 amide bonds. The van der Waals surface area contributed by atoms with Gasteiger partial charge in [-0.3, -0.25) is 9.98 Å². The molecule has 2 N–H and O–H groups in total. The zero-order chi connectivity index (χ0) is 13.3. The summed E-state index contributed by atoms with van der Waals surface area (Å²) in [6.45, 7) is 1.28. The number of aromatic nitrogens is 1. The fraction of sp³-hybridized carbons (Fsp3) is 0.429. The largest absolute Gasteiger partial charge is 0.490 e. The van der Waals surface area contributed by atoms with Gasteiger partial charge in [0.25, 0.3) is 0 Å². The van der Waals surface area contributed by atoms with Crippen molar-refractivity contribution in [3.63, 3.8) is 0 Å². The van der Waals surface area contributed by atoms with Crippen LogP contribution in [0, 0.1) is 0 Å². The van der Waals surface area contributed by atoms with Gasteiger partial charge in [0.1, 0.15) is 12.4 Å². The number of guanidine groups is 1. The van der Waals surface area contributed by atoms with Crippen molar-refractivity contribution in [2.75, 3.05) is 20.2 Å². The predicted octanol–water partition coefficient (Wildman–Crippen LogP) is 1.96. The molecule has 0 saturated carbocycles. The predicted molar refractivity (Wildman–Crippen MR) is 91.8 cm³/mol. The summed E-state index contributed by atoms with van der Waals surface area (Å²) in [7, 11) is 1.78. The minimum Gasteiger partial charge on any atom is -0.490 e. The molecule has 5 nitrogen and oxygen atoms in total. The summed E-state index contributed by atoms with van der Waals surface area (Å²) in [5, 5.41) is 6.61. The Morgan fingerprint density at radius 3 is 2.90 bits per heavy atom. The molecule has 110 valence electrons. The summed E-state index contributed by atoms with van der Waals surface area (Å²) >= 11 is 0. The number of pyridine rings is 1. The van der Waals surface area contributed by atoms with Gasteiger partial charge in [-0.15, -0.1) is 24.0 Å². The maximum atomic E-state index is 5.55. The highest BCUT2D eigenvalue weighted by Crippen LogP contribution is 2.08. The Labute approximate surface area is 136 Å². The maximum absolute atomic E-state index is 5.55. The summed E-state index contributed by atoms with van der Waals surface area (Å²) in [4.78, 5) is 8.19. The van der Waals surface area contributed by atoms with Gasteiger partial charge in [-0.25, -0.2) is 0 Å². The quantitative estimate of drug-likeness (QED) is 0.266. The normalized spacial score (nSPS) is 14.8. The minimum absolute atomic E-state index is 0. The first-order valence-electron chi connectivity index (χ1n) is 6.53. The number of hydrogen-bond donors (Lipinski definition) is 2. The lowest BCUT2D eigenvalue weighted by atomic mass is 10.2. The first kappa shape index (κ1) is 16.7. The Hall–Kier alpha value is -1.31. The van der Waals surface area contributed by atoms with E-state index >= 15 is 0 Å². The van der Waals surface area contributed by atoms with E-state index in [-0.39, 0.29) is 24.0 Å². The van der Waals surface area contributed by atoms with Crippen LogP contribution in [-0.2, 0) is 0 Å². The highest BCUT2D eigenvalue weighted by atomic mass is 127. The third-order valence-electron chi connectivity index (χ3n) is 2.87. The molecule has 1 heterocycles. The van der Waals surface area contributed by atoms with Gasteiger partial charge in [-0.1, -0.05) is 12.2 Å². The second kappa shape index (κ2) is 9.57. The van der Waals surface area contributed by atoms with Crippen molar-refractivity contribution in [3.05, 3.63) is 36.7 Å². The highest BCUT2D eigenvalue weighted by molar-refractivity contribution is 14.0. The molecule has 0 atom stereocenters. The Bertz CT molecular complexity index is 428. The number of nitrogens with zero attached hydrogens (tertiary/aromatic N) is 2. The average molecular weight is 388 g/mol. The van der Waals surface area contributed by atoms with Gasteiger partial charge >= 0.3 is 0 Å². The zero-order valence-electron chi connectivity index (χ0n) is 11.6. The SMILES string of the molecule is CN=C(NCCOc1cccnc1)NC1CC=CC1.I. The minimum atomic E-state index is 0. The van der Waals surface area contributed by atoms with E-state index < -0.39 is 0 Å². The topological polar surface area (TPSA) is 58.5 Å². The molecule has 0 bridgehead atoms. The van der Waals surface area contributed by atoms with Crippen LogP contribution < -0.4 is 15.4 Å². The van der Waals surface area contributed by atoms with Crippen molar-refractivity contribution in [1.82, 2.24) is 15.6 Å². The average Bonchev–Trinajstić information content (AvgIpc) is 2.96. The zero-order valence-corrected chi connectivity index (χ0v) is 13.9. The van der Waals surface area contributed by atoms with Gasteiger partial charge < -0.3 is 15.4 Å². The molecule has 0 saturated heterocycles. The molecule has 0 fully saturated rings. The van der Waals surface area contributed by atoms with E-state index in [1.807, 2.05) is 12.1 Å². The number of ether oxygens (including phenoxy) is 1. The molecule has 0 unspecified atom stereocenters. The fourth-order valence-corrected chi connectivity index (χ4v) is 1.89. The summed E-state index contributed by atoms with van der Waals surface area (Å²) in [5.74, 6) is 1.61. The van der Waals surface area contributed by atoms with Crippen LogP contribution in [0.4, 0.5) is 0 Å². The molecular formula is C14H21IN4O. The molecule has 1 aliphatic rings. The third-order valence-corrected chi connectivity index (χ3v) is 2.87. The van der Waals surface area contributed by atoms with Crippen LogP contribution >= 0.6 is 24.0 Å². The fourth-order valence-electron chi connectivity index (χ4n) is 1.89. The van der Waals surface area contributed by atoms with Crippen molar-refractivity contribution in [2.45, 2.75) is 18.9 Å². The number of aliphatic imine (C=N–C) groups is 1. The van der Waals surface area contributed by atoms with Crippen molar-refractivity contribution in [1.29, 1.82) is 0 Å². The van der Waals surface area contributed by atoms with E-state index in [9.17, 15) is 0 Å². The van der Waals surface area contributed by atoms with Crippen LogP contribution in [0.5, 0.6) is 5.75 Å². The standard InChI is InChI=1S/C14H20N4O.HI/c1-15-14(18-12-5-2-3-6-12)17-9-10-19-13-7-4-8-16-11-13;/h2-4,7-8,11-12H,5-6,9-10H2,1H3,(H2,15,17,18);1H. The first-order chi connectivity index (χ1) is 9.38. The van der Waals surface area contributed by atoms with Crippen LogP contribution in [-0.4, -0.2) is 37.2 Å². The van der Waals surface area contributed by atoms with Crippen molar-refractivity contribution in [3.8, 4) is 5.75 Å². The van der Waals surface area contributed by atoms with Crippen LogP contribution in [0.15, 0.2) is 41.7 Å². The Balaban J connectivity index is 0.00000200. The summed E-state index contributed by atoms with van der Waals surface area (Å²) in [5.41, 5.74) is 0. The lowest BCUT2D eigenvalue weighted by Crippen LogP contribution is -2.43. The summed E-state index contributed by atoms with van der Waals surface area (Å²) in [6, 6.07) is 4.21. The van der Waals surface area contributed by atoms with Crippen molar-refractivity contribution < 1.29 is 4.74 Å². The molecule has 1 aromatic rings. The number of hydrogen-bond acceptors (Lipinski definition) is 3. The maximum Gasteiger partial charge on any atom is 0.191 e. The Kier molecular flexibility index (Phi) is 8.01. The molecule has 0 aliphatic heterocycles. The van der Waals surface area contributed by atoms with Crippen molar-refractivity contribution in [2.24, 2.45) is 4.99 Å². The second-order valence-corrected chi connectivity index (χ2v) is 4.32. The molecule has 20 heavy (non-hydrogen) atoms. The molecular weight excluding hydrogens is 367 g/mol. The lowest BCUT2D eigenvalue weighted by Gasteiger charge is -2.16. The molecule has 0 spiro atoms. The smallest absolute Gasteiger partial charge is 0.191 e. The van der Waals surface area contributed by atoms with Crippen molar-refractivity contribution >= 4 is 29.9 Å². The molecule has 2 rings (SSSR count). The highest BCUT2D eigenvalue weighted by Gasteiger charge is 2.11. The molecule has 1 aromatic heterocycles. The Morgan fingerprint density at radius 2 is 2.25 bits per heavy atom. The third kappa shape index (κ3) is 5.77. The van der Waals surface area contributed by atoms with Crippen LogP contribution in [0.25, 0.3) is 0 Å². The first-order valence-corrected chi connectivity index (χ1v) is 6.53. The van der Waals surface area contributed by atoms with Crippen LogP contribution in [0.1, 0.15) is 12.8 Å². The van der Waals surface area contributed by atoms with Gasteiger partial charge in [-0.05, 0) is 25.0 Å². The van der Waals surface area contributed by atoms with Gasteiger partial charge in [0.2, 0.25) is 0 Å². The summed E-state index contributed by atoms with van der Waals surface area (Å²) in [6.07, 6.45) is 9.94. The number of halogens is 1. The monoisotopic (exact) mass is 388 g/mol. The van der Waals surface area contributed by atoms with Gasteiger partial charge in [-0.2, -0.15) is 0 Å². The van der Waals surface area contributed by atoms with E-state index in [4.69, 9.17) is 4.74 Å². The van der Waals surface area contributed by atoms with Gasteiger partial charge in [0, 0.05) is 19.3 Å². The number of nitrogens with one attached hydrogen (secondary N) is 2. The van der Waals surface area contributed by atoms with E-state index in [1.165, 1.54) is 0 Å². The molecule has 6 heteroatoms. The van der Waals surface area contributed by atoms with Gasteiger partial charge in [0.05, 0.1) is 12.7 Å². The van der Waals surface area contributed by atoms with Gasteiger partial charge in [0.15, 0.2) is 5.96 Å². The summed E-state index contributed by atoms with van der Waals surface area (Å²) < 4.78 is 5.55. The molecule has 1 aliphatic carbocycles. The lowest BCUT2D eigenvalue weighted by molar-refractivity contribution is 0.320. The van der Waals surface area contributed by atoms with E-state index in [0.717, 1.165) is 24.6 Å². The Morgan fingerprint density at radius 1 is 1.45 bits per heavy atom.